The number of rotatable bonds is 13. The first kappa shape index (κ1) is 28.3. The molecule has 2 amide bonds. The molecule has 0 aliphatic heterocycles. The Morgan fingerprint density at radius 3 is 2.43 bits per heavy atom. The standard InChI is InChI=1S/C26H36FN3O4S/c1-5-6-16-28-26(32)21(3)29(19-22-12-9-11-20(2)18-22)25(31)15-10-17-30(35(4,33)34)24-14-8-7-13-23(24)27/h7-9,11-14,18,21H,5-6,10,15-17,19H2,1-4H3,(H,28,32). The molecule has 1 atom stereocenters. The second-order valence-electron chi connectivity index (χ2n) is 8.72. The number of carbonyl (C=O) groups is 2. The summed E-state index contributed by atoms with van der Waals surface area (Å²) in [6.45, 7) is 6.42. The van der Waals surface area contributed by atoms with E-state index in [4.69, 9.17) is 0 Å². The second-order valence-corrected chi connectivity index (χ2v) is 10.6. The van der Waals surface area contributed by atoms with Gasteiger partial charge in [0.1, 0.15) is 11.9 Å². The zero-order valence-electron chi connectivity index (χ0n) is 21.0. The molecule has 0 aliphatic carbocycles. The van der Waals surface area contributed by atoms with Crippen molar-refractivity contribution in [1.82, 2.24) is 10.2 Å². The van der Waals surface area contributed by atoms with Gasteiger partial charge in [0.15, 0.2) is 0 Å². The van der Waals surface area contributed by atoms with Crippen molar-refractivity contribution in [3.63, 3.8) is 0 Å². The van der Waals surface area contributed by atoms with Gasteiger partial charge in [-0.1, -0.05) is 55.3 Å². The molecule has 7 nitrogen and oxygen atoms in total. The van der Waals surface area contributed by atoms with Gasteiger partial charge in [0.05, 0.1) is 11.9 Å². The van der Waals surface area contributed by atoms with E-state index in [1.54, 1.807) is 13.0 Å². The summed E-state index contributed by atoms with van der Waals surface area (Å²) in [5.41, 5.74) is 1.89. The fraction of sp³-hybridized carbons (Fsp3) is 0.462. The molecule has 0 aromatic heterocycles. The lowest BCUT2D eigenvalue weighted by molar-refractivity contribution is -0.140. The molecule has 192 valence electrons. The summed E-state index contributed by atoms with van der Waals surface area (Å²) in [7, 11) is -3.75. The van der Waals surface area contributed by atoms with E-state index in [2.05, 4.69) is 5.32 Å². The first-order valence-electron chi connectivity index (χ1n) is 11.9. The Morgan fingerprint density at radius 1 is 1.09 bits per heavy atom. The zero-order valence-corrected chi connectivity index (χ0v) is 21.8. The van der Waals surface area contributed by atoms with Crippen LogP contribution in [0.15, 0.2) is 48.5 Å². The van der Waals surface area contributed by atoms with E-state index in [-0.39, 0.29) is 43.4 Å². The smallest absolute Gasteiger partial charge is 0.242 e. The highest BCUT2D eigenvalue weighted by Crippen LogP contribution is 2.22. The van der Waals surface area contributed by atoms with Crippen molar-refractivity contribution in [3.8, 4) is 0 Å². The predicted molar refractivity (Wildman–Crippen MR) is 137 cm³/mol. The topological polar surface area (TPSA) is 86.8 Å². The lowest BCUT2D eigenvalue weighted by Crippen LogP contribution is -2.48. The number of anilines is 1. The first-order chi connectivity index (χ1) is 16.5. The molecule has 0 bridgehead atoms. The van der Waals surface area contributed by atoms with Crippen LogP contribution in [0.25, 0.3) is 0 Å². The number of sulfonamides is 1. The van der Waals surface area contributed by atoms with Gasteiger partial charge in [-0.25, -0.2) is 12.8 Å². The lowest BCUT2D eigenvalue weighted by atomic mass is 10.1. The summed E-state index contributed by atoms with van der Waals surface area (Å²) >= 11 is 0. The van der Waals surface area contributed by atoms with Crippen molar-refractivity contribution < 1.29 is 22.4 Å². The van der Waals surface area contributed by atoms with Crippen molar-refractivity contribution in [2.75, 3.05) is 23.7 Å². The molecule has 1 unspecified atom stereocenters. The molecule has 9 heteroatoms. The number of hydrogen-bond donors (Lipinski definition) is 1. The van der Waals surface area contributed by atoms with Crippen LogP contribution in [0, 0.1) is 12.7 Å². The Bertz CT molecular complexity index is 1110. The van der Waals surface area contributed by atoms with E-state index >= 15 is 0 Å². The number of halogens is 1. The molecular weight excluding hydrogens is 469 g/mol. The molecule has 35 heavy (non-hydrogen) atoms. The van der Waals surface area contributed by atoms with Crippen molar-refractivity contribution >= 4 is 27.5 Å². The van der Waals surface area contributed by atoms with E-state index in [0.29, 0.717) is 6.54 Å². The third kappa shape index (κ3) is 8.65. The van der Waals surface area contributed by atoms with Gasteiger partial charge in [0.25, 0.3) is 0 Å². The van der Waals surface area contributed by atoms with Gasteiger partial charge in [-0.3, -0.25) is 13.9 Å². The fourth-order valence-corrected chi connectivity index (χ4v) is 4.73. The van der Waals surface area contributed by atoms with Crippen molar-refractivity contribution in [2.45, 2.75) is 59.0 Å². The van der Waals surface area contributed by atoms with Gasteiger partial charge in [-0.15, -0.1) is 0 Å². The Hall–Kier alpha value is -2.94. The van der Waals surface area contributed by atoms with Crippen LogP contribution >= 0.6 is 0 Å². The van der Waals surface area contributed by atoms with E-state index < -0.39 is 21.9 Å². The number of nitrogens with one attached hydrogen (secondary N) is 1. The van der Waals surface area contributed by atoms with E-state index in [1.165, 1.54) is 23.1 Å². The van der Waals surface area contributed by atoms with Crippen molar-refractivity contribution in [2.24, 2.45) is 0 Å². The molecule has 2 aromatic carbocycles. The summed E-state index contributed by atoms with van der Waals surface area (Å²) in [4.78, 5) is 27.5. The number of carbonyl (C=O) groups excluding carboxylic acids is 2. The van der Waals surface area contributed by atoms with Crippen molar-refractivity contribution in [3.05, 3.63) is 65.5 Å². The first-order valence-corrected chi connectivity index (χ1v) is 13.7. The van der Waals surface area contributed by atoms with Crippen LogP contribution in [-0.4, -0.2) is 50.5 Å². The van der Waals surface area contributed by atoms with Gasteiger partial charge in [-0.05, 0) is 44.4 Å². The minimum absolute atomic E-state index is 0.0128. The Kier molecular flexibility index (Phi) is 10.7. The highest BCUT2D eigenvalue weighted by molar-refractivity contribution is 7.92. The van der Waals surface area contributed by atoms with Crippen LogP contribution in [-0.2, 0) is 26.2 Å². The van der Waals surface area contributed by atoms with Crippen molar-refractivity contribution in [1.29, 1.82) is 0 Å². The van der Waals surface area contributed by atoms with E-state index in [1.807, 2.05) is 38.1 Å². The number of nitrogens with zero attached hydrogens (tertiary/aromatic N) is 2. The Morgan fingerprint density at radius 2 is 1.80 bits per heavy atom. The molecule has 0 aliphatic rings. The average Bonchev–Trinajstić information content (AvgIpc) is 2.80. The minimum atomic E-state index is -3.75. The maximum atomic E-state index is 14.3. The number of para-hydroxylation sites is 1. The van der Waals surface area contributed by atoms with Crippen LogP contribution in [0.3, 0.4) is 0 Å². The molecule has 1 N–H and O–H groups in total. The zero-order chi connectivity index (χ0) is 26.0. The maximum absolute atomic E-state index is 14.3. The van der Waals surface area contributed by atoms with Gasteiger partial charge >= 0.3 is 0 Å². The Labute approximate surface area is 208 Å². The summed E-state index contributed by atoms with van der Waals surface area (Å²) in [6.07, 6.45) is 2.99. The van der Waals surface area contributed by atoms with Crippen LogP contribution in [0.5, 0.6) is 0 Å². The fourth-order valence-electron chi connectivity index (χ4n) is 3.76. The van der Waals surface area contributed by atoms with Gasteiger partial charge in [0, 0.05) is 26.1 Å². The normalized spacial score (nSPS) is 12.1. The molecule has 0 saturated carbocycles. The Balaban J connectivity index is 2.15. The van der Waals surface area contributed by atoms with Gasteiger partial charge in [0.2, 0.25) is 21.8 Å². The second kappa shape index (κ2) is 13.2. The van der Waals surface area contributed by atoms with Crippen LogP contribution in [0.2, 0.25) is 0 Å². The minimum Gasteiger partial charge on any atom is -0.354 e. The highest BCUT2D eigenvalue weighted by atomic mass is 32.2. The van der Waals surface area contributed by atoms with Gasteiger partial charge in [-0.2, -0.15) is 0 Å². The number of hydrogen-bond acceptors (Lipinski definition) is 4. The number of benzene rings is 2. The van der Waals surface area contributed by atoms with E-state index in [9.17, 15) is 22.4 Å². The lowest BCUT2D eigenvalue weighted by Gasteiger charge is -2.29. The third-order valence-electron chi connectivity index (χ3n) is 5.71. The van der Waals surface area contributed by atoms with Crippen LogP contribution in [0.4, 0.5) is 10.1 Å². The molecule has 0 radical (unpaired) electrons. The molecular formula is C26H36FN3O4S. The van der Waals surface area contributed by atoms with Crippen LogP contribution in [0.1, 0.15) is 50.7 Å². The average molecular weight is 506 g/mol. The summed E-state index contributed by atoms with van der Waals surface area (Å²) in [6, 6.07) is 12.7. The molecule has 2 aromatic rings. The molecule has 0 heterocycles. The summed E-state index contributed by atoms with van der Waals surface area (Å²) in [5.74, 6) is -1.15. The van der Waals surface area contributed by atoms with Crippen LogP contribution < -0.4 is 9.62 Å². The summed E-state index contributed by atoms with van der Waals surface area (Å²) in [5, 5.41) is 2.88. The quantitative estimate of drug-likeness (QED) is 0.417. The molecule has 0 spiro atoms. The SMILES string of the molecule is CCCCNC(=O)C(C)N(Cc1cccc(C)c1)C(=O)CCCN(c1ccccc1F)S(C)(=O)=O. The highest BCUT2D eigenvalue weighted by Gasteiger charge is 2.27. The summed E-state index contributed by atoms with van der Waals surface area (Å²) < 4.78 is 39.8. The van der Waals surface area contributed by atoms with E-state index in [0.717, 1.165) is 34.5 Å². The largest absolute Gasteiger partial charge is 0.354 e. The third-order valence-corrected chi connectivity index (χ3v) is 6.89. The number of amides is 2. The molecule has 2 rings (SSSR count). The molecule has 0 saturated heterocycles. The number of unbranched alkanes of at least 4 members (excludes halogenated alkanes) is 1. The monoisotopic (exact) mass is 505 g/mol. The molecule has 0 fully saturated rings. The predicted octanol–water partition coefficient (Wildman–Crippen LogP) is 4.01. The maximum Gasteiger partial charge on any atom is 0.242 e. The van der Waals surface area contributed by atoms with Gasteiger partial charge < -0.3 is 10.2 Å². The number of aryl methyl sites for hydroxylation is 1.